The predicted octanol–water partition coefficient (Wildman–Crippen LogP) is 3.20. The van der Waals surface area contributed by atoms with Crippen molar-refractivity contribution in [3.05, 3.63) is 75.7 Å². The van der Waals surface area contributed by atoms with Crippen molar-refractivity contribution in [3.63, 3.8) is 0 Å². The summed E-state index contributed by atoms with van der Waals surface area (Å²) in [6.45, 7) is -0.0222. The van der Waals surface area contributed by atoms with Crippen LogP contribution in [-0.2, 0) is 33.3 Å². The van der Waals surface area contributed by atoms with E-state index < -0.39 is 35.7 Å². The quantitative estimate of drug-likeness (QED) is 0.221. The van der Waals surface area contributed by atoms with E-state index >= 15 is 0 Å². The van der Waals surface area contributed by atoms with Gasteiger partial charge in [0.25, 0.3) is 0 Å². The van der Waals surface area contributed by atoms with Gasteiger partial charge in [0.05, 0.1) is 19.3 Å². The zero-order valence-electron chi connectivity index (χ0n) is 18.2. The van der Waals surface area contributed by atoms with E-state index in [0.717, 1.165) is 19.2 Å². The minimum Gasteiger partial charge on any atom is -0.491 e. The van der Waals surface area contributed by atoms with Gasteiger partial charge in [-0.05, 0) is 47.3 Å². The standard InChI is InChI=1S/C22H23F3N4O5/c1-33-21(32)19(13-14-2-6-16(7-3-14)22(23,24)25)27-20(31)18(28-29-26)12-15-4-8-17(9-5-15)34-11-10-30/h2-9,18-19,30H,10-13H2,1H3,(H,27,31)/t18?,19-/m0/s1. The third-order valence-corrected chi connectivity index (χ3v) is 4.73. The number of alkyl halides is 3. The van der Waals surface area contributed by atoms with Gasteiger partial charge in [-0.2, -0.15) is 13.2 Å². The third kappa shape index (κ3) is 7.98. The first-order valence-electron chi connectivity index (χ1n) is 10.1. The summed E-state index contributed by atoms with van der Waals surface area (Å²) in [7, 11) is 1.11. The highest BCUT2D eigenvalue weighted by Gasteiger charge is 2.31. The predicted molar refractivity (Wildman–Crippen MR) is 115 cm³/mol. The lowest BCUT2D eigenvalue weighted by molar-refractivity contribution is -0.145. The monoisotopic (exact) mass is 480 g/mol. The number of hydrogen-bond donors (Lipinski definition) is 2. The molecule has 0 heterocycles. The molecule has 0 aliphatic heterocycles. The zero-order chi connectivity index (χ0) is 25.1. The molecule has 1 unspecified atom stereocenters. The topological polar surface area (TPSA) is 134 Å². The molecule has 0 bridgehead atoms. The number of aliphatic hydroxyl groups is 1. The Morgan fingerprint density at radius 2 is 1.68 bits per heavy atom. The van der Waals surface area contributed by atoms with Crippen LogP contribution >= 0.6 is 0 Å². The van der Waals surface area contributed by atoms with E-state index in [0.29, 0.717) is 16.9 Å². The van der Waals surface area contributed by atoms with Crippen LogP contribution in [0, 0.1) is 0 Å². The average Bonchev–Trinajstić information content (AvgIpc) is 2.82. The molecule has 34 heavy (non-hydrogen) atoms. The summed E-state index contributed by atoms with van der Waals surface area (Å²) >= 11 is 0. The van der Waals surface area contributed by atoms with Crippen molar-refractivity contribution < 1.29 is 37.3 Å². The summed E-state index contributed by atoms with van der Waals surface area (Å²) in [4.78, 5) is 27.6. The molecule has 0 aliphatic carbocycles. The highest BCUT2D eigenvalue weighted by molar-refractivity contribution is 5.88. The van der Waals surface area contributed by atoms with Crippen LogP contribution in [0.3, 0.4) is 0 Å². The molecule has 2 N–H and O–H groups in total. The van der Waals surface area contributed by atoms with Gasteiger partial charge in [-0.15, -0.1) is 0 Å². The first-order chi connectivity index (χ1) is 16.2. The maximum atomic E-state index is 12.8. The third-order valence-electron chi connectivity index (χ3n) is 4.73. The number of azide groups is 1. The van der Waals surface area contributed by atoms with Gasteiger partial charge in [0.1, 0.15) is 24.4 Å². The van der Waals surface area contributed by atoms with Crippen LogP contribution in [0.1, 0.15) is 16.7 Å². The fourth-order valence-corrected chi connectivity index (χ4v) is 3.03. The molecule has 9 nitrogen and oxygen atoms in total. The Balaban J connectivity index is 2.11. The first-order valence-corrected chi connectivity index (χ1v) is 10.1. The molecule has 0 spiro atoms. The Bertz CT molecular complexity index is 1010. The van der Waals surface area contributed by atoms with Gasteiger partial charge in [-0.25, -0.2) is 4.79 Å². The summed E-state index contributed by atoms with van der Waals surface area (Å²) in [5.74, 6) is -1.05. The fourth-order valence-electron chi connectivity index (χ4n) is 3.03. The minimum atomic E-state index is -4.50. The summed E-state index contributed by atoms with van der Waals surface area (Å²) in [6, 6.07) is 8.31. The number of nitrogens with one attached hydrogen (secondary N) is 1. The molecule has 0 saturated carbocycles. The van der Waals surface area contributed by atoms with Crippen LogP contribution in [0.2, 0.25) is 0 Å². The lowest BCUT2D eigenvalue weighted by atomic mass is 10.0. The van der Waals surface area contributed by atoms with Crippen LogP contribution < -0.4 is 10.1 Å². The molecule has 2 rings (SSSR count). The second-order valence-electron chi connectivity index (χ2n) is 7.12. The minimum absolute atomic E-state index is 0.0182. The van der Waals surface area contributed by atoms with Crippen molar-refractivity contribution in [1.29, 1.82) is 0 Å². The number of esters is 1. The second-order valence-corrected chi connectivity index (χ2v) is 7.12. The number of halogens is 3. The molecule has 0 fully saturated rings. The van der Waals surface area contributed by atoms with E-state index in [9.17, 15) is 22.8 Å². The Labute approximate surface area is 193 Å². The van der Waals surface area contributed by atoms with Gasteiger partial charge >= 0.3 is 12.1 Å². The molecule has 2 aromatic carbocycles. The summed E-state index contributed by atoms with van der Waals surface area (Å²) < 4.78 is 48.3. The molecule has 0 aliphatic rings. The van der Waals surface area contributed by atoms with E-state index in [1.807, 2.05) is 0 Å². The molecule has 182 valence electrons. The largest absolute Gasteiger partial charge is 0.491 e. The van der Waals surface area contributed by atoms with Crippen LogP contribution in [0.4, 0.5) is 13.2 Å². The van der Waals surface area contributed by atoms with Crippen LogP contribution in [0.15, 0.2) is 53.6 Å². The number of carbonyl (C=O) groups excluding carboxylic acids is 2. The lowest BCUT2D eigenvalue weighted by Crippen LogP contribution is -2.47. The number of amides is 1. The molecule has 2 aromatic rings. The molecule has 0 aromatic heterocycles. The second kappa shape index (κ2) is 12.5. The van der Waals surface area contributed by atoms with Gasteiger partial charge in [-0.3, -0.25) is 4.79 Å². The number of rotatable bonds is 11. The maximum Gasteiger partial charge on any atom is 0.416 e. The van der Waals surface area contributed by atoms with E-state index in [4.69, 9.17) is 20.1 Å². The van der Waals surface area contributed by atoms with Crippen LogP contribution in [-0.4, -0.2) is 49.4 Å². The van der Waals surface area contributed by atoms with E-state index in [-0.39, 0.29) is 26.1 Å². The number of carbonyl (C=O) groups is 2. The number of hydrogen-bond acceptors (Lipinski definition) is 6. The smallest absolute Gasteiger partial charge is 0.416 e. The highest BCUT2D eigenvalue weighted by atomic mass is 19.4. The van der Waals surface area contributed by atoms with Gasteiger partial charge < -0.3 is 19.9 Å². The fraction of sp³-hybridized carbons (Fsp3) is 0.364. The Morgan fingerprint density at radius 3 is 2.21 bits per heavy atom. The first kappa shape index (κ1) is 26.5. The number of aliphatic hydroxyl groups excluding tert-OH is 1. The van der Waals surface area contributed by atoms with Crippen molar-refractivity contribution >= 4 is 11.9 Å². The Kier molecular flexibility index (Phi) is 9.72. The average molecular weight is 480 g/mol. The molecule has 1 amide bonds. The van der Waals surface area contributed by atoms with E-state index in [1.165, 1.54) is 12.1 Å². The van der Waals surface area contributed by atoms with Crippen molar-refractivity contribution in [2.45, 2.75) is 31.1 Å². The lowest BCUT2D eigenvalue weighted by Gasteiger charge is -2.19. The number of methoxy groups -OCH3 is 1. The van der Waals surface area contributed by atoms with Gasteiger partial charge in [-0.1, -0.05) is 29.4 Å². The van der Waals surface area contributed by atoms with Gasteiger partial charge in [0.15, 0.2) is 0 Å². The van der Waals surface area contributed by atoms with Crippen molar-refractivity contribution in [1.82, 2.24) is 5.32 Å². The summed E-state index contributed by atoms with van der Waals surface area (Å²) in [6.07, 6.45) is -4.61. The number of benzene rings is 2. The van der Waals surface area contributed by atoms with Crippen molar-refractivity contribution in [2.24, 2.45) is 5.11 Å². The normalized spacial score (nSPS) is 12.7. The molecule has 0 radical (unpaired) electrons. The molecule has 0 saturated heterocycles. The van der Waals surface area contributed by atoms with Crippen LogP contribution in [0.25, 0.3) is 10.4 Å². The Morgan fingerprint density at radius 1 is 1.09 bits per heavy atom. The van der Waals surface area contributed by atoms with Crippen LogP contribution in [0.5, 0.6) is 5.75 Å². The SMILES string of the molecule is COC(=O)[C@H](Cc1ccc(C(F)(F)F)cc1)NC(=O)C(Cc1ccc(OCCO)cc1)N=[N+]=[N-]. The summed E-state index contributed by atoms with van der Waals surface area (Å²) in [5.41, 5.74) is 9.03. The van der Waals surface area contributed by atoms with E-state index in [2.05, 4.69) is 15.3 Å². The zero-order valence-corrected chi connectivity index (χ0v) is 18.2. The van der Waals surface area contributed by atoms with Gasteiger partial charge in [0.2, 0.25) is 5.91 Å². The number of ether oxygens (including phenoxy) is 2. The maximum absolute atomic E-state index is 12.8. The molecular formula is C22H23F3N4O5. The summed E-state index contributed by atoms with van der Waals surface area (Å²) in [5, 5.41) is 14.7. The van der Waals surface area contributed by atoms with Crippen molar-refractivity contribution in [3.8, 4) is 5.75 Å². The highest BCUT2D eigenvalue weighted by Crippen LogP contribution is 2.29. The van der Waals surface area contributed by atoms with Crippen molar-refractivity contribution in [2.75, 3.05) is 20.3 Å². The molecule has 2 atom stereocenters. The molecule has 12 heteroatoms. The van der Waals surface area contributed by atoms with Gasteiger partial charge in [0, 0.05) is 11.3 Å². The Hall–Kier alpha value is -3.76. The van der Waals surface area contributed by atoms with E-state index in [1.54, 1.807) is 24.3 Å². The number of nitrogens with zero attached hydrogens (tertiary/aromatic N) is 3. The molecular weight excluding hydrogens is 457 g/mol.